The number of nitrogens with zero attached hydrogens (tertiary/aromatic N) is 4. The van der Waals surface area contributed by atoms with Crippen molar-refractivity contribution < 1.29 is 5.11 Å². The topological polar surface area (TPSA) is 63.8 Å². The standard InChI is InChI=1S/C6H12N4O/c1-4(5(2)11)10-6(3)7-8-9-10/h4-5,11H,1-3H3. The maximum absolute atomic E-state index is 9.20. The number of aromatic nitrogens is 4. The van der Waals surface area contributed by atoms with E-state index in [0.29, 0.717) is 0 Å². The summed E-state index contributed by atoms with van der Waals surface area (Å²) in [5, 5.41) is 20.1. The lowest BCUT2D eigenvalue weighted by Gasteiger charge is -2.14. The zero-order chi connectivity index (χ0) is 8.43. The Balaban J connectivity index is 2.84. The van der Waals surface area contributed by atoms with Crippen LogP contribution in [0, 0.1) is 6.92 Å². The second-order valence-corrected chi connectivity index (χ2v) is 2.65. The van der Waals surface area contributed by atoms with Crippen LogP contribution in [0.1, 0.15) is 25.7 Å². The molecule has 1 aromatic heterocycles. The molecule has 0 saturated heterocycles. The summed E-state index contributed by atoms with van der Waals surface area (Å²) < 4.78 is 1.60. The highest BCUT2D eigenvalue weighted by atomic mass is 16.3. The molecule has 1 N–H and O–H groups in total. The van der Waals surface area contributed by atoms with Gasteiger partial charge in [0.25, 0.3) is 0 Å². The Hall–Kier alpha value is -0.970. The molecule has 0 fully saturated rings. The molecular formula is C6H12N4O. The molecule has 0 aliphatic rings. The van der Waals surface area contributed by atoms with Crippen molar-refractivity contribution in [2.24, 2.45) is 0 Å². The third-order valence-corrected chi connectivity index (χ3v) is 1.74. The Morgan fingerprint density at radius 3 is 2.45 bits per heavy atom. The molecule has 0 aliphatic heterocycles. The van der Waals surface area contributed by atoms with Gasteiger partial charge in [-0.05, 0) is 31.2 Å². The van der Waals surface area contributed by atoms with Crippen LogP contribution in [0.2, 0.25) is 0 Å². The summed E-state index contributed by atoms with van der Waals surface area (Å²) in [6.07, 6.45) is -0.433. The third-order valence-electron chi connectivity index (χ3n) is 1.74. The van der Waals surface area contributed by atoms with Crippen molar-refractivity contribution in [1.82, 2.24) is 20.2 Å². The molecule has 0 amide bonds. The van der Waals surface area contributed by atoms with E-state index in [1.54, 1.807) is 18.5 Å². The number of aliphatic hydroxyl groups excluding tert-OH is 1. The molecule has 2 atom stereocenters. The van der Waals surface area contributed by atoms with Crippen LogP contribution in [0.3, 0.4) is 0 Å². The molecule has 1 rings (SSSR count). The van der Waals surface area contributed by atoms with Gasteiger partial charge in [0.05, 0.1) is 12.1 Å². The lowest BCUT2D eigenvalue weighted by Crippen LogP contribution is -2.20. The molecule has 0 radical (unpaired) electrons. The molecule has 0 bridgehead atoms. The Morgan fingerprint density at radius 1 is 1.45 bits per heavy atom. The normalized spacial score (nSPS) is 16.4. The van der Waals surface area contributed by atoms with Gasteiger partial charge in [-0.25, -0.2) is 4.68 Å². The Morgan fingerprint density at radius 2 is 2.09 bits per heavy atom. The van der Waals surface area contributed by atoms with E-state index in [2.05, 4.69) is 15.5 Å². The average molecular weight is 156 g/mol. The summed E-state index contributed by atoms with van der Waals surface area (Å²) in [7, 11) is 0. The maximum Gasteiger partial charge on any atom is 0.148 e. The molecule has 1 aromatic rings. The average Bonchev–Trinajstić information content (AvgIpc) is 2.33. The number of hydrogen-bond acceptors (Lipinski definition) is 4. The van der Waals surface area contributed by atoms with Gasteiger partial charge in [-0.2, -0.15) is 0 Å². The molecule has 0 aliphatic carbocycles. The number of rotatable bonds is 2. The number of aryl methyl sites for hydroxylation is 1. The Kier molecular flexibility index (Phi) is 2.19. The van der Waals surface area contributed by atoms with E-state index < -0.39 is 6.10 Å². The van der Waals surface area contributed by atoms with Crippen molar-refractivity contribution in [3.63, 3.8) is 0 Å². The second-order valence-electron chi connectivity index (χ2n) is 2.65. The molecule has 0 aromatic carbocycles. The summed E-state index contributed by atoms with van der Waals surface area (Å²) in [5.41, 5.74) is 0. The Labute approximate surface area is 65.0 Å². The summed E-state index contributed by atoms with van der Waals surface area (Å²) in [5.74, 6) is 0.721. The first-order valence-corrected chi connectivity index (χ1v) is 3.55. The quantitative estimate of drug-likeness (QED) is 0.650. The molecule has 0 spiro atoms. The van der Waals surface area contributed by atoms with Gasteiger partial charge in [0.15, 0.2) is 0 Å². The zero-order valence-corrected chi connectivity index (χ0v) is 6.89. The molecule has 2 unspecified atom stereocenters. The highest BCUT2D eigenvalue weighted by molar-refractivity contribution is 4.79. The molecule has 0 saturated carbocycles. The fourth-order valence-corrected chi connectivity index (χ4v) is 0.819. The van der Waals surface area contributed by atoms with Gasteiger partial charge in [-0.15, -0.1) is 5.10 Å². The Bertz CT molecular complexity index is 232. The van der Waals surface area contributed by atoms with Crippen molar-refractivity contribution >= 4 is 0 Å². The first-order chi connectivity index (χ1) is 5.13. The van der Waals surface area contributed by atoms with E-state index in [4.69, 9.17) is 0 Å². The third kappa shape index (κ3) is 1.54. The highest BCUT2D eigenvalue weighted by Crippen LogP contribution is 2.08. The lowest BCUT2D eigenvalue weighted by molar-refractivity contribution is 0.130. The smallest absolute Gasteiger partial charge is 0.148 e. The minimum atomic E-state index is -0.433. The summed E-state index contributed by atoms with van der Waals surface area (Å²) in [4.78, 5) is 0. The molecule has 62 valence electrons. The lowest BCUT2D eigenvalue weighted by atomic mass is 10.2. The van der Waals surface area contributed by atoms with Gasteiger partial charge in [-0.3, -0.25) is 0 Å². The van der Waals surface area contributed by atoms with Gasteiger partial charge in [0.2, 0.25) is 0 Å². The van der Waals surface area contributed by atoms with Crippen LogP contribution < -0.4 is 0 Å². The van der Waals surface area contributed by atoms with E-state index in [0.717, 1.165) is 5.82 Å². The van der Waals surface area contributed by atoms with Gasteiger partial charge in [0.1, 0.15) is 5.82 Å². The molecule has 5 nitrogen and oxygen atoms in total. The number of tetrazole rings is 1. The summed E-state index contributed by atoms with van der Waals surface area (Å²) in [6.45, 7) is 5.39. The van der Waals surface area contributed by atoms with Crippen LogP contribution in [0.4, 0.5) is 0 Å². The summed E-state index contributed by atoms with van der Waals surface area (Å²) >= 11 is 0. The molecule has 1 heterocycles. The van der Waals surface area contributed by atoms with E-state index in [1.165, 1.54) is 0 Å². The van der Waals surface area contributed by atoms with Crippen LogP contribution in [0.15, 0.2) is 0 Å². The minimum absolute atomic E-state index is 0.0648. The van der Waals surface area contributed by atoms with E-state index in [9.17, 15) is 5.11 Å². The summed E-state index contributed by atoms with van der Waals surface area (Å²) in [6, 6.07) is -0.0648. The zero-order valence-electron chi connectivity index (χ0n) is 6.89. The van der Waals surface area contributed by atoms with Crippen LogP contribution in [-0.2, 0) is 0 Å². The van der Waals surface area contributed by atoms with E-state index in [1.807, 2.05) is 6.92 Å². The van der Waals surface area contributed by atoms with Gasteiger partial charge < -0.3 is 5.11 Å². The van der Waals surface area contributed by atoms with Crippen LogP contribution in [0.25, 0.3) is 0 Å². The monoisotopic (exact) mass is 156 g/mol. The van der Waals surface area contributed by atoms with Crippen molar-refractivity contribution in [3.8, 4) is 0 Å². The highest BCUT2D eigenvalue weighted by Gasteiger charge is 2.14. The van der Waals surface area contributed by atoms with Gasteiger partial charge in [-0.1, -0.05) is 0 Å². The fourth-order valence-electron chi connectivity index (χ4n) is 0.819. The van der Waals surface area contributed by atoms with Gasteiger partial charge >= 0.3 is 0 Å². The number of hydrogen-bond donors (Lipinski definition) is 1. The van der Waals surface area contributed by atoms with Crippen LogP contribution >= 0.6 is 0 Å². The second kappa shape index (κ2) is 2.96. The first kappa shape index (κ1) is 8.13. The maximum atomic E-state index is 9.20. The van der Waals surface area contributed by atoms with Crippen molar-refractivity contribution in [2.45, 2.75) is 32.9 Å². The molecule has 5 heteroatoms. The molecular weight excluding hydrogens is 144 g/mol. The fraction of sp³-hybridized carbons (Fsp3) is 0.833. The van der Waals surface area contributed by atoms with E-state index >= 15 is 0 Å². The predicted octanol–water partition coefficient (Wildman–Crippen LogP) is -0.0767. The first-order valence-electron chi connectivity index (χ1n) is 3.55. The molecule has 11 heavy (non-hydrogen) atoms. The van der Waals surface area contributed by atoms with Gasteiger partial charge in [0, 0.05) is 0 Å². The van der Waals surface area contributed by atoms with Crippen molar-refractivity contribution in [1.29, 1.82) is 0 Å². The van der Waals surface area contributed by atoms with Crippen LogP contribution in [-0.4, -0.2) is 31.4 Å². The SMILES string of the molecule is Cc1nnnn1C(C)C(C)O. The van der Waals surface area contributed by atoms with Crippen LogP contribution in [0.5, 0.6) is 0 Å². The largest absolute Gasteiger partial charge is 0.391 e. The van der Waals surface area contributed by atoms with E-state index in [-0.39, 0.29) is 6.04 Å². The predicted molar refractivity (Wildman–Crippen MR) is 38.9 cm³/mol. The minimum Gasteiger partial charge on any atom is -0.391 e. The number of aliphatic hydroxyl groups is 1. The van der Waals surface area contributed by atoms with Crippen molar-refractivity contribution in [3.05, 3.63) is 5.82 Å². The van der Waals surface area contributed by atoms with Crippen molar-refractivity contribution in [2.75, 3.05) is 0 Å².